The molecule has 1 unspecified atom stereocenters. The second-order valence-electron chi connectivity index (χ2n) is 17.9. The Kier molecular flexibility index (Phi) is 15.8. The predicted octanol–water partition coefficient (Wildman–Crippen LogP) is 11.0. The van der Waals surface area contributed by atoms with E-state index in [0.29, 0.717) is 9.79 Å². The summed E-state index contributed by atoms with van der Waals surface area (Å²) in [7, 11) is -10.6. The summed E-state index contributed by atoms with van der Waals surface area (Å²) in [5.41, 5.74) is 5.37. The Morgan fingerprint density at radius 2 is 1.06 bits per heavy atom. The van der Waals surface area contributed by atoms with Crippen molar-refractivity contribution in [1.29, 1.82) is 0 Å². The molecule has 0 bridgehead atoms. The Balaban J connectivity index is 2.80. The molecule has 0 aliphatic carbocycles. The molecule has 0 spiro atoms. The number of nitrogens with one attached hydrogen (secondary N) is 1. The standard InChI is InChI=1S/C42H72N2O5S2Si/c1-19-20-44(51(47,48)41-38(31(10)11)23-34(28(4)5)24-39(41)32(12)13)26-35(49-52(17,18)42(14,15)16)25-43-50(45,46)40-36(29(6)7)21-33(27(2)3)22-37(40)30(8)9/h19,21-24,27-32,35,43H,1,20,25-26H2,2-18H3. The van der Waals surface area contributed by atoms with E-state index >= 15 is 0 Å². The lowest BCUT2D eigenvalue weighted by molar-refractivity contribution is 0.159. The highest BCUT2D eigenvalue weighted by molar-refractivity contribution is 7.89. The van der Waals surface area contributed by atoms with Gasteiger partial charge in [0, 0.05) is 19.6 Å². The fourth-order valence-electron chi connectivity index (χ4n) is 6.17. The number of hydrogen-bond donors (Lipinski definition) is 1. The van der Waals surface area contributed by atoms with Gasteiger partial charge in [-0.2, -0.15) is 4.31 Å². The van der Waals surface area contributed by atoms with Crippen LogP contribution < -0.4 is 4.72 Å². The maximum absolute atomic E-state index is 15.0. The van der Waals surface area contributed by atoms with Gasteiger partial charge in [-0.25, -0.2) is 21.6 Å². The molecule has 0 aliphatic heterocycles. The zero-order valence-corrected chi connectivity index (χ0v) is 38.2. The Morgan fingerprint density at radius 1 is 0.692 bits per heavy atom. The molecule has 7 nitrogen and oxygen atoms in total. The average Bonchev–Trinajstić information content (AvgIpc) is 3.00. The van der Waals surface area contributed by atoms with Gasteiger partial charge < -0.3 is 4.43 Å². The van der Waals surface area contributed by atoms with Crippen LogP contribution in [-0.4, -0.2) is 55.2 Å². The maximum Gasteiger partial charge on any atom is 0.244 e. The Hall–Kier alpha value is -1.82. The predicted molar refractivity (Wildman–Crippen MR) is 224 cm³/mol. The van der Waals surface area contributed by atoms with E-state index in [0.717, 1.165) is 33.4 Å². The molecule has 1 atom stereocenters. The van der Waals surface area contributed by atoms with Crippen LogP contribution in [0.4, 0.5) is 0 Å². The molecule has 0 aliphatic rings. The largest absolute Gasteiger partial charge is 0.411 e. The molecule has 0 heterocycles. The molecule has 0 aromatic heterocycles. The minimum Gasteiger partial charge on any atom is -0.411 e. The fraction of sp³-hybridized carbons (Fsp3) is 0.667. The molecule has 296 valence electrons. The van der Waals surface area contributed by atoms with Gasteiger partial charge in [-0.1, -0.05) is 134 Å². The topological polar surface area (TPSA) is 92.8 Å². The van der Waals surface area contributed by atoms with Crippen molar-refractivity contribution in [3.8, 4) is 0 Å². The van der Waals surface area contributed by atoms with E-state index in [1.54, 1.807) is 6.08 Å². The highest BCUT2D eigenvalue weighted by Gasteiger charge is 2.41. The highest BCUT2D eigenvalue weighted by Crippen LogP contribution is 2.40. The Labute approximate surface area is 320 Å². The molecular weight excluding hydrogens is 705 g/mol. The zero-order valence-electron chi connectivity index (χ0n) is 35.6. The second kappa shape index (κ2) is 17.8. The SMILES string of the molecule is C=CCN(CC(CNS(=O)(=O)c1c(C(C)C)cc(C(C)C)cc1C(C)C)O[Si](C)(C)C(C)(C)C)S(=O)(=O)c1c(C(C)C)cc(C(C)C)cc1C(C)C. The van der Waals surface area contributed by atoms with Crippen LogP contribution in [0.25, 0.3) is 0 Å². The van der Waals surface area contributed by atoms with Crippen molar-refractivity contribution in [2.24, 2.45) is 0 Å². The van der Waals surface area contributed by atoms with Gasteiger partial charge in [0.2, 0.25) is 20.0 Å². The quantitative estimate of drug-likeness (QED) is 0.120. The van der Waals surface area contributed by atoms with E-state index in [1.807, 2.05) is 79.7 Å². The van der Waals surface area contributed by atoms with Crippen LogP contribution in [0.5, 0.6) is 0 Å². The number of benzene rings is 2. The normalized spacial score (nSPS) is 14.2. The lowest BCUT2D eigenvalue weighted by Crippen LogP contribution is -2.51. The van der Waals surface area contributed by atoms with E-state index in [-0.39, 0.29) is 60.2 Å². The van der Waals surface area contributed by atoms with Gasteiger partial charge in [0.25, 0.3) is 0 Å². The Morgan fingerprint density at radius 3 is 1.37 bits per heavy atom. The molecule has 1 N–H and O–H groups in total. The highest BCUT2D eigenvalue weighted by atomic mass is 32.2. The van der Waals surface area contributed by atoms with Crippen LogP contribution in [0, 0.1) is 0 Å². The van der Waals surface area contributed by atoms with Gasteiger partial charge in [0.1, 0.15) is 0 Å². The fourth-order valence-corrected chi connectivity index (χ4v) is 11.4. The molecule has 0 saturated carbocycles. The molecule has 2 aromatic rings. The van der Waals surface area contributed by atoms with Gasteiger partial charge in [-0.05, 0) is 87.0 Å². The molecule has 10 heteroatoms. The summed E-state index contributed by atoms with van der Waals surface area (Å²) in [5.74, 6) is 0.356. The van der Waals surface area contributed by atoms with Crippen LogP contribution >= 0.6 is 0 Å². The first-order chi connectivity index (χ1) is 23.6. The third-order valence-corrected chi connectivity index (χ3v) is 18.6. The number of sulfonamides is 2. The molecule has 0 saturated heterocycles. The smallest absolute Gasteiger partial charge is 0.244 e. The van der Waals surface area contributed by atoms with Gasteiger partial charge in [0.15, 0.2) is 8.32 Å². The molecule has 2 aromatic carbocycles. The van der Waals surface area contributed by atoms with Crippen LogP contribution in [0.15, 0.2) is 46.7 Å². The van der Waals surface area contributed by atoms with Crippen molar-refractivity contribution in [3.05, 3.63) is 70.3 Å². The molecule has 2 rings (SSSR count). The van der Waals surface area contributed by atoms with E-state index < -0.39 is 34.5 Å². The Bertz CT molecular complexity index is 1690. The maximum atomic E-state index is 15.0. The third-order valence-electron chi connectivity index (χ3n) is 10.5. The van der Waals surface area contributed by atoms with Crippen LogP contribution in [0.1, 0.15) is 173 Å². The van der Waals surface area contributed by atoms with E-state index in [4.69, 9.17) is 4.43 Å². The third kappa shape index (κ3) is 10.9. The summed E-state index contributed by atoms with van der Waals surface area (Å²) in [6.45, 7) is 39.2. The zero-order chi connectivity index (χ0) is 40.3. The summed E-state index contributed by atoms with van der Waals surface area (Å²) in [6.07, 6.45) is 0.836. The van der Waals surface area contributed by atoms with E-state index in [9.17, 15) is 16.8 Å². The lowest BCUT2D eigenvalue weighted by atomic mass is 9.89. The van der Waals surface area contributed by atoms with Crippen molar-refractivity contribution >= 4 is 28.4 Å². The van der Waals surface area contributed by atoms with Gasteiger partial charge in [-0.3, -0.25) is 0 Å². The first kappa shape index (κ1) is 46.3. The summed E-state index contributed by atoms with van der Waals surface area (Å²) < 4.78 is 70.2. The first-order valence-corrected chi connectivity index (χ1v) is 25.1. The summed E-state index contributed by atoms with van der Waals surface area (Å²) in [6, 6.07) is 8.14. The monoisotopic (exact) mass is 776 g/mol. The summed E-state index contributed by atoms with van der Waals surface area (Å²) in [4.78, 5) is 0.653. The minimum absolute atomic E-state index is 0.0253. The van der Waals surface area contributed by atoms with Crippen LogP contribution in [0.2, 0.25) is 18.1 Å². The van der Waals surface area contributed by atoms with Crippen molar-refractivity contribution in [2.75, 3.05) is 19.6 Å². The van der Waals surface area contributed by atoms with Gasteiger partial charge >= 0.3 is 0 Å². The molecule has 52 heavy (non-hydrogen) atoms. The molecule has 0 amide bonds. The molecular formula is C42H72N2O5S2Si. The van der Waals surface area contributed by atoms with Crippen molar-refractivity contribution in [3.63, 3.8) is 0 Å². The molecule has 0 fully saturated rings. The van der Waals surface area contributed by atoms with Gasteiger partial charge in [0.05, 0.1) is 15.9 Å². The van der Waals surface area contributed by atoms with Crippen LogP contribution in [-0.2, 0) is 24.5 Å². The van der Waals surface area contributed by atoms with Crippen molar-refractivity contribution in [1.82, 2.24) is 9.03 Å². The van der Waals surface area contributed by atoms with Crippen molar-refractivity contribution < 1.29 is 21.3 Å². The number of rotatable bonds is 18. The second-order valence-corrected chi connectivity index (χ2v) is 26.3. The number of hydrogen-bond acceptors (Lipinski definition) is 5. The van der Waals surface area contributed by atoms with Crippen LogP contribution in [0.3, 0.4) is 0 Å². The lowest BCUT2D eigenvalue weighted by Gasteiger charge is -2.40. The van der Waals surface area contributed by atoms with E-state index in [1.165, 1.54) is 4.31 Å². The molecule has 0 radical (unpaired) electrons. The van der Waals surface area contributed by atoms with Crippen molar-refractivity contribution in [2.45, 2.75) is 173 Å². The number of nitrogens with zero attached hydrogens (tertiary/aromatic N) is 1. The first-order valence-electron chi connectivity index (χ1n) is 19.2. The van der Waals surface area contributed by atoms with E-state index in [2.05, 4.69) is 72.9 Å². The average molecular weight is 777 g/mol. The minimum atomic E-state index is -4.08. The summed E-state index contributed by atoms with van der Waals surface area (Å²) >= 11 is 0. The van der Waals surface area contributed by atoms with Gasteiger partial charge in [-0.15, -0.1) is 6.58 Å². The summed E-state index contributed by atoms with van der Waals surface area (Å²) in [5, 5.41) is -0.198.